The van der Waals surface area contributed by atoms with E-state index in [1.807, 2.05) is 13.8 Å². The maximum Gasteiger partial charge on any atom is 0.0664 e. The fraction of sp³-hybridized carbons (Fsp3) is 1.00. The highest BCUT2D eigenvalue weighted by Crippen LogP contribution is 2.10. The number of rotatable bonds is 21. The van der Waals surface area contributed by atoms with E-state index in [0.29, 0.717) is 48.6 Å². The molecule has 51 heavy (non-hydrogen) atoms. The molecule has 0 saturated heterocycles. The van der Waals surface area contributed by atoms with Crippen LogP contribution in [0.4, 0.5) is 0 Å². The van der Waals surface area contributed by atoms with Crippen LogP contribution in [-0.4, -0.2) is 80.4 Å². The molecule has 2 unspecified atom stereocenters. The molecule has 0 amide bonds. The van der Waals surface area contributed by atoms with Crippen LogP contribution in [-0.2, 0) is 0 Å². The normalized spacial score (nSPS) is 14.5. The van der Waals surface area contributed by atoms with Crippen LogP contribution in [0.3, 0.4) is 0 Å². The Balaban J connectivity index is -0.000000119. The molecule has 0 aliphatic carbocycles. The minimum absolute atomic E-state index is 0.0602. The largest absolute Gasteiger partial charge is 0.393 e. The van der Waals surface area contributed by atoms with Gasteiger partial charge in [-0.15, -0.1) is 0 Å². The van der Waals surface area contributed by atoms with E-state index in [9.17, 15) is 10.2 Å². The summed E-state index contributed by atoms with van der Waals surface area (Å²) in [5.74, 6) is 3.65. The second-order valence-corrected chi connectivity index (χ2v) is 16.9. The Morgan fingerprint density at radius 3 is 0.686 bits per heavy atom. The van der Waals surface area contributed by atoms with Gasteiger partial charge in [-0.1, -0.05) is 124 Å². The second-order valence-electron chi connectivity index (χ2n) is 16.9. The Hall–Kier alpha value is -0.320. The predicted octanol–water partition coefficient (Wildman–Crippen LogP) is 9.09. The van der Waals surface area contributed by atoms with E-state index in [-0.39, 0.29) is 36.6 Å². The summed E-state index contributed by atoms with van der Waals surface area (Å²) in [5.41, 5.74) is 10.4. The molecule has 0 aliphatic rings. The maximum atomic E-state index is 9.22. The van der Waals surface area contributed by atoms with Gasteiger partial charge in [-0.3, -0.25) is 0 Å². The van der Waals surface area contributed by atoms with Crippen LogP contribution in [0.5, 0.6) is 0 Å². The molecule has 0 aliphatic heterocycles. The minimum Gasteiger partial charge on any atom is -0.393 e. The van der Waals surface area contributed by atoms with Crippen LogP contribution in [0.25, 0.3) is 0 Å². The highest BCUT2D eigenvalue weighted by molar-refractivity contribution is 4.59. The van der Waals surface area contributed by atoms with E-state index in [1.54, 1.807) is 0 Å². The molecule has 318 valence electrons. The maximum absolute atomic E-state index is 9.22. The van der Waals surface area contributed by atoms with Gasteiger partial charge in [-0.2, -0.15) is 0 Å². The Labute approximate surface area is 321 Å². The molecule has 0 heterocycles. The van der Waals surface area contributed by atoms with Gasteiger partial charge in [0.05, 0.1) is 36.6 Å². The minimum atomic E-state index is -0.296. The van der Waals surface area contributed by atoms with Gasteiger partial charge in [0.15, 0.2) is 0 Å². The first kappa shape index (κ1) is 62.7. The van der Waals surface area contributed by atoms with Crippen molar-refractivity contribution in [3.05, 3.63) is 0 Å². The monoisotopic (exact) mass is 741 g/mol. The Morgan fingerprint density at radius 1 is 0.333 bits per heavy atom. The van der Waals surface area contributed by atoms with Crippen molar-refractivity contribution in [2.24, 2.45) is 47.0 Å². The van der Waals surface area contributed by atoms with Gasteiger partial charge < -0.3 is 42.1 Å². The van der Waals surface area contributed by atoms with Crippen LogP contribution < -0.4 is 11.5 Å². The topological polar surface area (TPSA) is 173 Å². The van der Waals surface area contributed by atoms with E-state index in [0.717, 1.165) is 83.5 Å². The summed E-state index contributed by atoms with van der Waals surface area (Å²) in [6.45, 7) is 34.6. The van der Waals surface area contributed by atoms with Crippen LogP contribution in [0.2, 0.25) is 0 Å². The summed E-state index contributed by atoms with van der Waals surface area (Å²) >= 11 is 0. The van der Waals surface area contributed by atoms with E-state index < -0.39 is 0 Å². The van der Waals surface area contributed by atoms with Crippen molar-refractivity contribution in [2.45, 2.75) is 231 Å². The molecule has 0 aromatic rings. The van der Waals surface area contributed by atoms with Gasteiger partial charge in [0.1, 0.15) is 0 Å². The fourth-order valence-electron chi connectivity index (χ4n) is 4.91. The van der Waals surface area contributed by atoms with Crippen molar-refractivity contribution >= 4 is 0 Å². The van der Waals surface area contributed by atoms with Crippen molar-refractivity contribution in [1.29, 1.82) is 0 Å². The molecule has 0 bridgehead atoms. The summed E-state index contributed by atoms with van der Waals surface area (Å²) in [7, 11) is 0. The predicted molar refractivity (Wildman–Crippen MR) is 226 cm³/mol. The summed E-state index contributed by atoms with van der Waals surface area (Å²) in [6, 6.07) is 0. The van der Waals surface area contributed by atoms with Crippen molar-refractivity contribution in [3.8, 4) is 0 Å². The lowest BCUT2D eigenvalue weighted by Gasteiger charge is -2.10. The summed E-state index contributed by atoms with van der Waals surface area (Å²) < 4.78 is 0. The Kier molecular flexibility index (Phi) is 56.3. The van der Waals surface area contributed by atoms with E-state index in [2.05, 4.69) is 96.9 Å². The quantitative estimate of drug-likeness (QED) is 0.0575. The van der Waals surface area contributed by atoms with Gasteiger partial charge in [-0.25, -0.2) is 0 Å². The molecule has 6 atom stereocenters. The smallest absolute Gasteiger partial charge is 0.0664 e. The molecule has 0 fully saturated rings. The van der Waals surface area contributed by atoms with Crippen LogP contribution in [0, 0.1) is 35.5 Å². The van der Waals surface area contributed by atoms with Gasteiger partial charge in [0.25, 0.3) is 0 Å². The standard InChI is InChI=1S/2C8H18O.C7H17NO.2C7H16O.C6H15NO/c2*1-4-5-8(9)6-7(2)3;1-6(2)5-7(9)3-4-8;2*1-4-7(8)5-6(2)3;1-5(2)3-6(8)4-7/h2*7-9H,4-6H2,1-3H3;6-7,9H,3-5,8H2,1-2H3;2*6-8H,4-5H2,1-3H3;5-6,8H,3-4,7H2,1-2H3/t8-;;2*7-;;6-/m0.11.1/s1. The molecule has 0 spiro atoms. The molecular weight excluding hydrogens is 640 g/mol. The molecule has 0 rings (SSSR count). The molecule has 0 aromatic carbocycles. The lowest BCUT2D eigenvalue weighted by atomic mass is 10.0. The summed E-state index contributed by atoms with van der Waals surface area (Å²) in [4.78, 5) is 0. The van der Waals surface area contributed by atoms with Gasteiger partial charge in [0, 0.05) is 6.54 Å². The number of aliphatic hydroxyl groups is 6. The van der Waals surface area contributed by atoms with Crippen molar-refractivity contribution < 1.29 is 30.6 Å². The zero-order valence-corrected chi connectivity index (χ0v) is 37.4. The van der Waals surface area contributed by atoms with Crippen LogP contribution in [0.15, 0.2) is 0 Å². The van der Waals surface area contributed by atoms with Crippen LogP contribution >= 0.6 is 0 Å². The number of hydrogen-bond donors (Lipinski definition) is 8. The zero-order valence-electron chi connectivity index (χ0n) is 37.4. The lowest BCUT2D eigenvalue weighted by molar-refractivity contribution is 0.138. The molecule has 8 nitrogen and oxygen atoms in total. The fourth-order valence-corrected chi connectivity index (χ4v) is 4.91. The van der Waals surface area contributed by atoms with E-state index >= 15 is 0 Å². The summed E-state index contributed by atoms with van der Waals surface area (Å²) in [5, 5.41) is 54.5. The third-order valence-corrected chi connectivity index (χ3v) is 7.42. The molecule has 0 radical (unpaired) electrons. The number of aliphatic hydroxyl groups excluding tert-OH is 6. The first-order chi connectivity index (χ1) is 23.5. The van der Waals surface area contributed by atoms with Gasteiger partial charge >= 0.3 is 0 Å². The molecule has 10 N–H and O–H groups in total. The third-order valence-electron chi connectivity index (χ3n) is 7.42. The molecule has 8 heteroatoms. The van der Waals surface area contributed by atoms with Crippen molar-refractivity contribution in [1.82, 2.24) is 0 Å². The van der Waals surface area contributed by atoms with E-state index in [4.69, 9.17) is 31.9 Å². The first-order valence-corrected chi connectivity index (χ1v) is 21.0. The highest BCUT2D eigenvalue weighted by Gasteiger charge is 2.06. The Morgan fingerprint density at radius 2 is 0.549 bits per heavy atom. The van der Waals surface area contributed by atoms with Crippen molar-refractivity contribution in [3.63, 3.8) is 0 Å². The average Bonchev–Trinajstić information content (AvgIpc) is 2.97. The van der Waals surface area contributed by atoms with Crippen molar-refractivity contribution in [2.75, 3.05) is 13.1 Å². The van der Waals surface area contributed by atoms with Gasteiger partial charge in [0.2, 0.25) is 0 Å². The zero-order chi connectivity index (χ0) is 41.5. The van der Waals surface area contributed by atoms with Crippen LogP contribution in [0.1, 0.15) is 194 Å². The first-order valence-electron chi connectivity index (χ1n) is 21.0. The molecular formula is C43H100N2O6. The Bertz CT molecular complexity index is 524. The lowest BCUT2D eigenvalue weighted by Crippen LogP contribution is -2.21. The second kappa shape index (κ2) is 45.8. The summed E-state index contributed by atoms with van der Waals surface area (Å²) in [6.07, 6.45) is 11.3. The van der Waals surface area contributed by atoms with E-state index in [1.165, 1.54) is 0 Å². The third kappa shape index (κ3) is 75.5. The SMILES string of the molecule is CC(C)C[C@@H](O)CN.CC(C)C[C@H](O)CCN.CCC(O)CC(C)C.CCCC(O)CC(C)C.CCC[C@H](O)CC(C)C.CC[C@@H](O)CC(C)C. The molecule has 0 aromatic heterocycles. The number of nitrogens with two attached hydrogens (primary N) is 2. The number of hydrogen-bond acceptors (Lipinski definition) is 8. The molecule has 0 saturated carbocycles. The average molecular weight is 741 g/mol. The highest BCUT2D eigenvalue weighted by atomic mass is 16.3. The van der Waals surface area contributed by atoms with Gasteiger partial charge in [-0.05, 0) is 113 Å².